The van der Waals surface area contributed by atoms with Crippen molar-refractivity contribution in [3.63, 3.8) is 0 Å². The molecule has 0 bridgehead atoms. The van der Waals surface area contributed by atoms with E-state index in [0.29, 0.717) is 5.82 Å². The first-order valence-electron chi connectivity index (χ1n) is 5.56. The molecule has 1 amide bonds. The summed E-state index contributed by atoms with van der Waals surface area (Å²) in [5, 5.41) is 2.46. The van der Waals surface area contributed by atoms with Gasteiger partial charge in [-0.3, -0.25) is 4.79 Å². The molecule has 6 nitrogen and oxygen atoms in total. The van der Waals surface area contributed by atoms with Crippen molar-refractivity contribution in [1.29, 1.82) is 0 Å². The van der Waals surface area contributed by atoms with E-state index in [1.165, 1.54) is 12.4 Å². The second kappa shape index (κ2) is 6.88. The highest BCUT2D eigenvalue weighted by atomic mass is 19.4. The molecule has 0 saturated heterocycles. The summed E-state index contributed by atoms with van der Waals surface area (Å²) in [6, 6.07) is 0. The third-order valence-electron chi connectivity index (χ3n) is 2.20. The number of anilines is 1. The zero-order chi connectivity index (χ0) is 14.3. The van der Waals surface area contributed by atoms with Gasteiger partial charge in [0.2, 0.25) is 0 Å². The van der Waals surface area contributed by atoms with Gasteiger partial charge in [-0.1, -0.05) is 0 Å². The molecule has 0 aliphatic heterocycles. The monoisotopic (exact) mass is 277 g/mol. The second-order valence-corrected chi connectivity index (χ2v) is 3.76. The van der Waals surface area contributed by atoms with Crippen LogP contribution in [0.2, 0.25) is 0 Å². The fourth-order valence-corrected chi connectivity index (χ4v) is 1.26. The Morgan fingerprint density at radius 2 is 2.00 bits per heavy atom. The van der Waals surface area contributed by atoms with Crippen molar-refractivity contribution in [3.05, 3.63) is 18.1 Å². The molecule has 0 unspecified atom stereocenters. The van der Waals surface area contributed by atoms with E-state index in [9.17, 15) is 18.0 Å². The number of hydrogen-bond acceptors (Lipinski definition) is 5. The molecular formula is C10H14F3N5O. The number of aromatic nitrogens is 2. The van der Waals surface area contributed by atoms with Crippen LogP contribution in [0.1, 0.15) is 29.8 Å². The first-order valence-corrected chi connectivity index (χ1v) is 5.56. The number of nitrogen functional groups attached to an aromatic ring is 1. The van der Waals surface area contributed by atoms with Crippen LogP contribution in [0, 0.1) is 0 Å². The van der Waals surface area contributed by atoms with Crippen LogP contribution in [-0.4, -0.2) is 28.6 Å². The summed E-state index contributed by atoms with van der Waals surface area (Å²) in [5.74, 6) is 4.90. The average molecular weight is 277 g/mol. The fourth-order valence-electron chi connectivity index (χ4n) is 1.26. The molecular weight excluding hydrogens is 263 g/mol. The standard InChI is InChI=1S/C10H14F3N5O/c11-10(12,13)3-1-2-4-15-9(19)7-5-17-8(18-14)6-16-7/h5-6H,1-4,14H2,(H,15,19)(H,17,18). The number of hydrazine groups is 1. The number of nitrogens with two attached hydrogens (primary N) is 1. The van der Waals surface area contributed by atoms with E-state index in [2.05, 4.69) is 20.7 Å². The summed E-state index contributed by atoms with van der Waals surface area (Å²) >= 11 is 0. The topological polar surface area (TPSA) is 92.9 Å². The van der Waals surface area contributed by atoms with Gasteiger partial charge in [0, 0.05) is 13.0 Å². The normalized spacial score (nSPS) is 11.2. The lowest BCUT2D eigenvalue weighted by molar-refractivity contribution is -0.135. The minimum absolute atomic E-state index is 0.0223. The van der Waals surface area contributed by atoms with Gasteiger partial charge in [-0.25, -0.2) is 15.8 Å². The minimum Gasteiger partial charge on any atom is -0.351 e. The molecule has 1 aromatic heterocycles. The molecule has 0 aliphatic rings. The predicted octanol–water partition coefficient (Wildman–Crippen LogP) is 1.22. The van der Waals surface area contributed by atoms with Gasteiger partial charge in [0.1, 0.15) is 5.69 Å². The number of hydrogen-bond donors (Lipinski definition) is 3. The lowest BCUT2D eigenvalue weighted by Gasteiger charge is -2.07. The van der Waals surface area contributed by atoms with Crippen LogP contribution in [0.5, 0.6) is 0 Å². The van der Waals surface area contributed by atoms with Crippen molar-refractivity contribution in [2.24, 2.45) is 5.84 Å². The maximum Gasteiger partial charge on any atom is 0.389 e. The largest absolute Gasteiger partial charge is 0.389 e. The third kappa shape index (κ3) is 6.00. The number of carbonyl (C=O) groups excluding carboxylic acids is 1. The maximum absolute atomic E-state index is 11.9. The first-order chi connectivity index (χ1) is 8.92. The summed E-state index contributed by atoms with van der Waals surface area (Å²) < 4.78 is 35.6. The van der Waals surface area contributed by atoms with Crippen LogP contribution < -0.4 is 16.6 Å². The number of rotatable bonds is 6. The molecule has 106 valence electrons. The Kier molecular flexibility index (Phi) is 5.49. The smallest absolute Gasteiger partial charge is 0.351 e. The van der Waals surface area contributed by atoms with Crippen molar-refractivity contribution in [2.45, 2.75) is 25.4 Å². The lowest BCUT2D eigenvalue weighted by Crippen LogP contribution is -2.26. The number of unbranched alkanes of at least 4 members (excludes halogenated alkanes) is 1. The van der Waals surface area contributed by atoms with Gasteiger partial charge in [0.05, 0.1) is 12.4 Å². The number of nitrogens with zero attached hydrogens (tertiary/aromatic N) is 2. The number of amides is 1. The van der Waals surface area contributed by atoms with Gasteiger partial charge >= 0.3 is 6.18 Å². The number of carbonyl (C=O) groups is 1. The molecule has 9 heteroatoms. The summed E-state index contributed by atoms with van der Waals surface area (Å²) in [6.45, 7) is 0.160. The van der Waals surface area contributed by atoms with E-state index in [4.69, 9.17) is 5.84 Å². The van der Waals surface area contributed by atoms with Crippen LogP contribution in [0.3, 0.4) is 0 Å². The number of halogens is 3. The van der Waals surface area contributed by atoms with Crippen LogP contribution in [0.15, 0.2) is 12.4 Å². The Bertz CT molecular complexity index is 407. The predicted molar refractivity (Wildman–Crippen MR) is 62.1 cm³/mol. The Balaban J connectivity index is 2.27. The van der Waals surface area contributed by atoms with Crippen LogP contribution >= 0.6 is 0 Å². The Morgan fingerprint density at radius 3 is 2.53 bits per heavy atom. The summed E-state index contributed by atoms with van der Waals surface area (Å²) in [4.78, 5) is 19.1. The average Bonchev–Trinajstić information content (AvgIpc) is 2.37. The van der Waals surface area contributed by atoms with Crippen molar-refractivity contribution in [2.75, 3.05) is 12.0 Å². The molecule has 0 atom stereocenters. The summed E-state index contributed by atoms with van der Waals surface area (Å²) in [6.07, 6.45) is -2.27. The number of nitrogens with one attached hydrogen (secondary N) is 2. The highest BCUT2D eigenvalue weighted by molar-refractivity contribution is 5.91. The molecule has 0 fully saturated rings. The van der Waals surface area contributed by atoms with E-state index in [1.54, 1.807) is 0 Å². The van der Waals surface area contributed by atoms with Gasteiger partial charge in [0.25, 0.3) is 5.91 Å². The highest BCUT2D eigenvalue weighted by Gasteiger charge is 2.25. The molecule has 0 aromatic carbocycles. The van der Waals surface area contributed by atoms with Gasteiger partial charge in [-0.05, 0) is 12.8 Å². The fraction of sp³-hybridized carbons (Fsp3) is 0.500. The van der Waals surface area contributed by atoms with E-state index < -0.39 is 18.5 Å². The van der Waals surface area contributed by atoms with E-state index in [-0.39, 0.29) is 25.1 Å². The summed E-state index contributed by atoms with van der Waals surface area (Å²) in [5.41, 5.74) is 2.33. The summed E-state index contributed by atoms with van der Waals surface area (Å²) in [7, 11) is 0. The van der Waals surface area contributed by atoms with E-state index >= 15 is 0 Å². The van der Waals surface area contributed by atoms with Crippen molar-refractivity contribution < 1.29 is 18.0 Å². The Labute approximate surface area is 107 Å². The lowest BCUT2D eigenvalue weighted by atomic mass is 10.2. The Hall–Kier alpha value is -1.90. The maximum atomic E-state index is 11.9. The van der Waals surface area contributed by atoms with Gasteiger partial charge in [-0.2, -0.15) is 13.2 Å². The zero-order valence-corrected chi connectivity index (χ0v) is 10.00. The van der Waals surface area contributed by atoms with Gasteiger partial charge in [0.15, 0.2) is 5.82 Å². The minimum atomic E-state index is -4.15. The van der Waals surface area contributed by atoms with Crippen LogP contribution in [0.4, 0.5) is 19.0 Å². The SMILES string of the molecule is NNc1cnc(C(=O)NCCCCC(F)(F)F)cn1. The van der Waals surface area contributed by atoms with E-state index in [1.807, 2.05) is 0 Å². The molecule has 0 radical (unpaired) electrons. The molecule has 0 saturated carbocycles. The van der Waals surface area contributed by atoms with Gasteiger partial charge < -0.3 is 10.7 Å². The van der Waals surface area contributed by atoms with Crippen molar-refractivity contribution >= 4 is 11.7 Å². The Morgan fingerprint density at radius 1 is 1.26 bits per heavy atom. The van der Waals surface area contributed by atoms with Crippen LogP contribution in [-0.2, 0) is 0 Å². The third-order valence-corrected chi connectivity index (χ3v) is 2.20. The molecule has 19 heavy (non-hydrogen) atoms. The molecule has 0 aliphatic carbocycles. The molecule has 4 N–H and O–H groups in total. The van der Waals surface area contributed by atoms with Crippen molar-refractivity contribution in [1.82, 2.24) is 15.3 Å². The molecule has 1 heterocycles. The first kappa shape index (κ1) is 15.2. The molecule has 0 spiro atoms. The zero-order valence-electron chi connectivity index (χ0n) is 10.00. The quantitative estimate of drug-likeness (QED) is 0.413. The highest BCUT2D eigenvalue weighted by Crippen LogP contribution is 2.21. The molecule has 1 aromatic rings. The van der Waals surface area contributed by atoms with E-state index in [0.717, 1.165) is 0 Å². The van der Waals surface area contributed by atoms with Crippen LogP contribution in [0.25, 0.3) is 0 Å². The molecule has 1 rings (SSSR count). The number of alkyl halides is 3. The van der Waals surface area contributed by atoms with Crippen molar-refractivity contribution in [3.8, 4) is 0 Å². The second-order valence-electron chi connectivity index (χ2n) is 3.76. The van der Waals surface area contributed by atoms with Gasteiger partial charge in [-0.15, -0.1) is 0 Å².